The van der Waals surface area contributed by atoms with Gasteiger partial charge < -0.3 is 15.7 Å². The van der Waals surface area contributed by atoms with Crippen molar-refractivity contribution in [1.82, 2.24) is 10.6 Å². The van der Waals surface area contributed by atoms with Crippen LogP contribution in [-0.2, 0) is 14.4 Å². The summed E-state index contributed by atoms with van der Waals surface area (Å²) < 4.78 is 0. The summed E-state index contributed by atoms with van der Waals surface area (Å²) in [6.07, 6.45) is 0.448. The Morgan fingerprint density at radius 3 is 2.11 bits per heavy atom. The van der Waals surface area contributed by atoms with E-state index >= 15 is 0 Å². The van der Waals surface area contributed by atoms with Gasteiger partial charge in [-0.3, -0.25) is 14.4 Å². The second kappa shape index (κ2) is 6.98. The number of carbonyl (C=O) groups is 3. The average Bonchev–Trinajstić information content (AvgIpc) is 2.24. The SMILES string of the molecule is CCC(CNC(=O)CNC(=O)C(C)(C)C)C(=O)O. The van der Waals surface area contributed by atoms with Crippen molar-refractivity contribution in [3.05, 3.63) is 0 Å². The van der Waals surface area contributed by atoms with Crippen molar-refractivity contribution in [1.29, 1.82) is 0 Å². The smallest absolute Gasteiger partial charge is 0.308 e. The first-order valence-corrected chi connectivity index (χ1v) is 5.96. The minimum Gasteiger partial charge on any atom is -0.481 e. The van der Waals surface area contributed by atoms with Crippen LogP contribution in [0.4, 0.5) is 0 Å². The predicted octanol–water partition coefficient (Wildman–Crippen LogP) is 0.376. The molecule has 104 valence electrons. The van der Waals surface area contributed by atoms with E-state index in [9.17, 15) is 14.4 Å². The number of hydrogen-bond acceptors (Lipinski definition) is 3. The van der Waals surface area contributed by atoms with E-state index in [0.717, 1.165) is 0 Å². The number of aliphatic carboxylic acids is 1. The zero-order valence-electron chi connectivity index (χ0n) is 11.4. The van der Waals surface area contributed by atoms with E-state index < -0.39 is 17.3 Å². The van der Waals surface area contributed by atoms with Gasteiger partial charge in [-0.05, 0) is 6.42 Å². The zero-order valence-corrected chi connectivity index (χ0v) is 11.4. The van der Waals surface area contributed by atoms with Crippen LogP contribution in [0.25, 0.3) is 0 Å². The average molecular weight is 258 g/mol. The van der Waals surface area contributed by atoms with Crippen molar-refractivity contribution < 1.29 is 19.5 Å². The maximum atomic E-state index is 11.5. The van der Waals surface area contributed by atoms with E-state index in [1.165, 1.54) is 0 Å². The van der Waals surface area contributed by atoms with Crippen molar-refractivity contribution in [3.63, 3.8) is 0 Å². The van der Waals surface area contributed by atoms with E-state index in [0.29, 0.717) is 6.42 Å². The fourth-order valence-corrected chi connectivity index (χ4v) is 1.13. The van der Waals surface area contributed by atoms with E-state index in [-0.39, 0.29) is 24.9 Å². The Kier molecular flexibility index (Phi) is 6.36. The number of carbonyl (C=O) groups excluding carboxylic acids is 2. The normalized spacial score (nSPS) is 12.7. The van der Waals surface area contributed by atoms with Gasteiger partial charge in [0, 0.05) is 12.0 Å². The maximum Gasteiger partial charge on any atom is 0.308 e. The van der Waals surface area contributed by atoms with Gasteiger partial charge in [-0.25, -0.2) is 0 Å². The lowest BCUT2D eigenvalue weighted by Crippen LogP contribution is -2.43. The Labute approximate surface area is 107 Å². The molecule has 0 aliphatic carbocycles. The van der Waals surface area contributed by atoms with Gasteiger partial charge in [0.2, 0.25) is 11.8 Å². The number of carboxylic acid groups (broad SMARTS) is 1. The van der Waals surface area contributed by atoms with E-state index in [1.807, 2.05) is 0 Å². The largest absolute Gasteiger partial charge is 0.481 e. The second-order valence-corrected chi connectivity index (χ2v) is 5.18. The van der Waals surface area contributed by atoms with Crippen LogP contribution >= 0.6 is 0 Å². The molecule has 0 heterocycles. The van der Waals surface area contributed by atoms with E-state index in [2.05, 4.69) is 10.6 Å². The third-order valence-corrected chi connectivity index (χ3v) is 2.48. The van der Waals surface area contributed by atoms with Crippen LogP contribution in [-0.4, -0.2) is 36.0 Å². The lowest BCUT2D eigenvalue weighted by Gasteiger charge is -2.17. The van der Waals surface area contributed by atoms with Crippen molar-refractivity contribution in [2.24, 2.45) is 11.3 Å². The molecule has 0 radical (unpaired) electrons. The molecule has 0 aromatic rings. The summed E-state index contributed by atoms with van der Waals surface area (Å²) in [4.78, 5) is 33.6. The van der Waals surface area contributed by atoms with Crippen molar-refractivity contribution in [3.8, 4) is 0 Å². The highest BCUT2D eigenvalue weighted by atomic mass is 16.4. The topological polar surface area (TPSA) is 95.5 Å². The lowest BCUT2D eigenvalue weighted by molar-refractivity contribution is -0.141. The molecule has 1 atom stereocenters. The molecule has 0 aromatic carbocycles. The first-order chi connectivity index (χ1) is 8.18. The van der Waals surface area contributed by atoms with E-state index in [4.69, 9.17) is 5.11 Å². The molecule has 1 unspecified atom stereocenters. The van der Waals surface area contributed by atoms with Crippen molar-refractivity contribution in [2.75, 3.05) is 13.1 Å². The summed E-state index contributed by atoms with van der Waals surface area (Å²) in [7, 11) is 0. The van der Waals surface area contributed by atoms with Gasteiger partial charge in [0.15, 0.2) is 0 Å². The molecule has 6 heteroatoms. The van der Waals surface area contributed by atoms with Crippen LogP contribution in [0.2, 0.25) is 0 Å². The van der Waals surface area contributed by atoms with Crippen LogP contribution in [0.1, 0.15) is 34.1 Å². The fraction of sp³-hybridized carbons (Fsp3) is 0.750. The van der Waals surface area contributed by atoms with E-state index in [1.54, 1.807) is 27.7 Å². The second-order valence-electron chi connectivity index (χ2n) is 5.18. The van der Waals surface area contributed by atoms with Gasteiger partial charge in [-0.15, -0.1) is 0 Å². The van der Waals surface area contributed by atoms with Crippen LogP contribution in [0.15, 0.2) is 0 Å². The summed E-state index contributed by atoms with van der Waals surface area (Å²) in [6, 6.07) is 0. The van der Waals surface area contributed by atoms with Gasteiger partial charge in [0.1, 0.15) is 0 Å². The Balaban J connectivity index is 3.99. The number of hydrogen-bond donors (Lipinski definition) is 3. The molecule has 0 fully saturated rings. The number of rotatable bonds is 6. The lowest BCUT2D eigenvalue weighted by atomic mass is 9.96. The van der Waals surface area contributed by atoms with Crippen LogP contribution < -0.4 is 10.6 Å². The molecule has 0 aliphatic rings. The molecule has 2 amide bonds. The van der Waals surface area contributed by atoms with Gasteiger partial charge in [0.25, 0.3) is 0 Å². The van der Waals surface area contributed by atoms with Gasteiger partial charge in [-0.1, -0.05) is 27.7 Å². The Bertz CT molecular complexity index is 321. The van der Waals surface area contributed by atoms with Crippen molar-refractivity contribution in [2.45, 2.75) is 34.1 Å². The minimum absolute atomic E-state index is 0.0794. The van der Waals surface area contributed by atoms with Crippen LogP contribution in [0.3, 0.4) is 0 Å². The molecular weight excluding hydrogens is 236 g/mol. The van der Waals surface area contributed by atoms with Gasteiger partial charge in [-0.2, -0.15) is 0 Å². The number of nitrogens with one attached hydrogen (secondary N) is 2. The van der Waals surface area contributed by atoms with Crippen molar-refractivity contribution >= 4 is 17.8 Å². The minimum atomic E-state index is -0.934. The monoisotopic (exact) mass is 258 g/mol. The molecule has 6 nitrogen and oxygen atoms in total. The summed E-state index contributed by atoms with van der Waals surface area (Å²) >= 11 is 0. The summed E-state index contributed by atoms with van der Waals surface area (Å²) in [5, 5.41) is 13.8. The highest BCUT2D eigenvalue weighted by molar-refractivity contribution is 5.87. The molecule has 0 bridgehead atoms. The molecular formula is C12H22N2O4. The van der Waals surface area contributed by atoms with Gasteiger partial charge >= 0.3 is 5.97 Å². The summed E-state index contributed by atoms with van der Waals surface area (Å²) in [5.74, 6) is -2.13. The number of amides is 2. The maximum absolute atomic E-state index is 11.5. The highest BCUT2D eigenvalue weighted by Gasteiger charge is 2.21. The molecule has 18 heavy (non-hydrogen) atoms. The third kappa shape index (κ3) is 6.22. The molecule has 0 aliphatic heterocycles. The molecule has 0 spiro atoms. The Morgan fingerprint density at radius 1 is 1.17 bits per heavy atom. The summed E-state index contributed by atoms with van der Waals surface area (Å²) in [5.41, 5.74) is -0.548. The first-order valence-electron chi connectivity index (χ1n) is 5.96. The fourth-order valence-electron chi connectivity index (χ4n) is 1.13. The summed E-state index contributed by atoms with van der Waals surface area (Å²) in [6.45, 7) is 6.93. The van der Waals surface area contributed by atoms with Gasteiger partial charge in [0.05, 0.1) is 12.5 Å². The Hall–Kier alpha value is -1.59. The predicted molar refractivity (Wildman–Crippen MR) is 66.9 cm³/mol. The molecule has 0 saturated carbocycles. The first kappa shape index (κ1) is 16.4. The molecule has 0 aromatic heterocycles. The van der Waals surface area contributed by atoms with Crippen LogP contribution in [0.5, 0.6) is 0 Å². The zero-order chi connectivity index (χ0) is 14.3. The third-order valence-electron chi connectivity index (χ3n) is 2.48. The molecule has 0 saturated heterocycles. The van der Waals surface area contributed by atoms with Crippen LogP contribution in [0, 0.1) is 11.3 Å². The molecule has 3 N–H and O–H groups in total. The quantitative estimate of drug-likeness (QED) is 0.641. The number of carboxylic acids is 1. The Morgan fingerprint density at radius 2 is 1.72 bits per heavy atom. The highest BCUT2D eigenvalue weighted by Crippen LogP contribution is 2.11. The molecule has 0 rings (SSSR count). The standard InChI is InChI=1S/C12H22N2O4/c1-5-8(10(16)17)6-13-9(15)7-14-11(18)12(2,3)4/h8H,5-7H2,1-4H3,(H,13,15)(H,14,18)(H,16,17).